The van der Waals surface area contributed by atoms with Crippen molar-refractivity contribution in [1.82, 2.24) is 0 Å². The van der Waals surface area contributed by atoms with Gasteiger partial charge in [-0.15, -0.1) is 0 Å². The van der Waals surface area contributed by atoms with Crippen molar-refractivity contribution in [3.8, 4) is 0 Å². The molecular weight excluding hydrogens is 427 g/mol. The van der Waals surface area contributed by atoms with Crippen LogP contribution in [0.3, 0.4) is 0 Å². The molecule has 33 heavy (non-hydrogen) atoms. The van der Waals surface area contributed by atoms with Crippen molar-refractivity contribution in [3.63, 3.8) is 0 Å². The first-order valence-electron chi connectivity index (χ1n) is 11.5. The third-order valence-electron chi connectivity index (χ3n) is 6.57. The summed E-state index contributed by atoms with van der Waals surface area (Å²) < 4.78 is 20.7. The Balaban J connectivity index is 1.88. The summed E-state index contributed by atoms with van der Waals surface area (Å²) in [7, 11) is -2.81. The molecule has 0 radical (unpaired) electrons. The Labute approximate surface area is 197 Å². The molecule has 1 aliphatic carbocycles. The maximum atomic E-state index is 13.4. The predicted octanol–water partition coefficient (Wildman–Crippen LogP) is 5.76. The van der Waals surface area contributed by atoms with E-state index in [-0.39, 0.29) is 28.7 Å². The van der Waals surface area contributed by atoms with Gasteiger partial charge in [-0.05, 0) is 45.1 Å². The number of benzene rings is 3. The Morgan fingerprint density at radius 2 is 1.39 bits per heavy atom. The van der Waals surface area contributed by atoms with E-state index in [4.69, 9.17) is 4.43 Å². The second-order valence-corrected chi connectivity index (χ2v) is 14.2. The van der Waals surface area contributed by atoms with Crippen LogP contribution < -0.4 is 10.4 Å². The van der Waals surface area contributed by atoms with Crippen molar-refractivity contribution in [2.24, 2.45) is 5.92 Å². The van der Waals surface area contributed by atoms with E-state index in [1.54, 1.807) is 12.1 Å². The van der Waals surface area contributed by atoms with Gasteiger partial charge in [0.1, 0.15) is 5.82 Å². The molecule has 0 aromatic heterocycles. The van der Waals surface area contributed by atoms with Gasteiger partial charge in [-0.2, -0.15) is 0 Å². The van der Waals surface area contributed by atoms with E-state index >= 15 is 0 Å². The monoisotopic (exact) mass is 458 g/mol. The lowest BCUT2D eigenvalue weighted by atomic mass is 10.0. The summed E-state index contributed by atoms with van der Waals surface area (Å²) in [5.41, 5.74) is 1.49. The molecule has 4 heteroatoms. The smallest absolute Gasteiger partial charge is 0.261 e. The molecular formula is C29H31FO2Si. The normalized spacial score (nSPS) is 20.4. The molecule has 1 fully saturated rings. The second kappa shape index (κ2) is 9.20. The predicted molar refractivity (Wildman–Crippen MR) is 136 cm³/mol. The van der Waals surface area contributed by atoms with E-state index < -0.39 is 8.32 Å². The van der Waals surface area contributed by atoms with Gasteiger partial charge in [-0.1, -0.05) is 100 Å². The Kier molecular flexibility index (Phi) is 6.51. The molecule has 2 unspecified atom stereocenters. The molecule has 1 saturated carbocycles. The van der Waals surface area contributed by atoms with Gasteiger partial charge in [0.2, 0.25) is 0 Å². The number of carbonyl (C=O) groups is 1. The van der Waals surface area contributed by atoms with Gasteiger partial charge in [-0.3, -0.25) is 4.79 Å². The summed E-state index contributed by atoms with van der Waals surface area (Å²) in [5.74, 6) is -0.121. The highest BCUT2D eigenvalue weighted by atomic mass is 28.4. The zero-order valence-electron chi connectivity index (χ0n) is 19.7. The van der Waals surface area contributed by atoms with Gasteiger partial charge in [0.05, 0.1) is 6.10 Å². The number of ketones is 1. The van der Waals surface area contributed by atoms with Gasteiger partial charge in [0.25, 0.3) is 8.32 Å². The largest absolute Gasteiger partial charge is 0.400 e. The molecule has 0 spiro atoms. The maximum absolute atomic E-state index is 13.4. The van der Waals surface area contributed by atoms with Crippen LogP contribution in [-0.2, 0) is 9.22 Å². The molecule has 0 bridgehead atoms. The van der Waals surface area contributed by atoms with Gasteiger partial charge in [0.15, 0.2) is 5.78 Å². The van der Waals surface area contributed by atoms with E-state index in [1.165, 1.54) is 22.5 Å². The van der Waals surface area contributed by atoms with Crippen molar-refractivity contribution >= 4 is 30.6 Å². The standard InChI is InChI=1S/C29H31FO2Si/c1-21-19-27(31)26(20-22-15-17-23(30)18-16-22)28(21)32-33(29(2,3)4,24-11-7-5-8-12-24)25-13-9-6-10-14-25/h5-18,20-21,28H,19H2,1-4H3. The molecule has 0 N–H and O–H groups in total. The highest BCUT2D eigenvalue weighted by Crippen LogP contribution is 2.42. The van der Waals surface area contributed by atoms with Crippen molar-refractivity contribution in [3.05, 3.63) is 102 Å². The first-order chi connectivity index (χ1) is 15.7. The highest BCUT2D eigenvalue weighted by molar-refractivity contribution is 6.99. The lowest BCUT2D eigenvalue weighted by Crippen LogP contribution is -2.68. The summed E-state index contributed by atoms with van der Waals surface area (Å²) in [6.45, 7) is 8.81. The summed E-state index contributed by atoms with van der Waals surface area (Å²) in [6.07, 6.45) is 2.01. The van der Waals surface area contributed by atoms with Crippen molar-refractivity contribution in [2.75, 3.05) is 0 Å². The summed E-state index contributed by atoms with van der Waals surface area (Å²) in [4.78, 5) is 13.1. The molecule has 2 atom stereocenters. The van der Waals surface area contributed by atoms with Crippen LogP contribution in [-0.4, -0.2) is 20.2 Å². The summed E-state index contributed by atoms with van der Waals surface area (Å²) in [6, 6.07) is 27.2. The molecule has 0 amide bonds. The Morgan fingerprint density at radius 3 is 1.88 bits per heavy atom. The van der Waals surface area contributed by atoms with Crippen LogP contribution in [0.25, 0.3) is 6.08 Å². The fourth-order valence-electron chi connectivity index (χ4n) is 4.95. The third-order valence-corrected chi connectivity index (χ3v) is 11.6. The van der Waals surface area contributed by atoms with Crippen molar-refractivity contribution < 1.29 is 13.6 Å². The van der Waals surface area contributed by atoms with Crippen LogP contribution >= 0.6 is 0 Å². The fraction of sp³-hybridized carbons (Fsp3) is 0.276. The minimum absolute atomic E-state index is 0.0610. The maximum Gasteiger partial charge on any atom is 0.261 e. The number of rotatable bonds is 5. The molecule has 0 saturated heterocycles. The summed E-state index contributed by atoms with van der Waals surface area (Å²) >= 11 is 0. The quantitative estimate of drug-likeness (QED) is 0.359. The Hall–Kier alpha value is -2.82. The first-order valence-corrected chi connectivity index (χ1v) is 13.4. The van der Waals surface area contributed by atoms with E-state index in [2.05, 4.69) is 76.2 Å². The topological polar surface area (TPSA) is 26.3 Å². The number of hydrogen-bond donors (Lipinski definition) is 0. The Bertz CT molecular complexity index is 1090. The van der Waals surface area contributed by atoms with E-state index in [0.29, 0.717) is 12.0 Å². The minimum atomic E-state index is -2.81. The van der Waals surface area contributed by atoms with E-state index in [0.717, 1.165) is 5.56 Å². The number of Topliss-reactive ketones (excluding diaryl/α,β-unsaturated/α-hetero) is 1. The lowest BCUT2D eigenvalue weighted by molar-refractivity contribution is -0.114. The van der Waals surface area contributed by atoms with Crippen molar-refractivity contribution in [2.45, 2.75) is 45.3 Å². The Morgan fingerprint density at radius 1 is 0.879 bits per heavy atom. The van der Waals surface area contributed by atoms with E-state index in [1.807, 2.05) is 18.2 Å². The van der Waals surface area contributed by atoms with Crippen LogP contribution in [0.4, 0.5) is 4.39 Å². The SMILES string of the molecule is CC1CC(=O)C(=Cc2ccc(F)cc2)C1O[Si](c1ccccc1)(c1ccccc1)C(C)(C)C. The van der Waals surface area contributed by atoms with Gasteiger partial charge in [0, 0.05) is 12.0 Å². The zero-order chi connectivity index (χ0) is 23.6. The zero-order valence-corrected chi connectivity index (χ0v) is 20.7. The highest BCUT2D eigenvalue weighted by Gasteiger charge is 2.53. The average molecular weight is 459 g/mol. The van der Waals surface area contributed by atoms with Crippen LogP contribution in [0.2, 0.25) is 5.04 Å². The van der Waals surface area contributed by atoms with Gasteiger partial charge in [-0.25, -0.2) is 4.39 Å². The number of halogens is 1. The minimum Gasteiger partial charge on any atom is -0.400 e. The lowest BCUT2D eigenvalue weighted by Gasteiger charge is -2.45. The third kappa shape index (κ3) is 4.50. The molecule has 2 nitrogen and oxygen atoms in total. The number of hydrogen-bond acceptors (Lipinski definition) is 2. The molecule has 170 valence electrons. The number of carbonyl (C=O) groups excluding carboxylic acids is 1. The van der Waals surface area contributed by atoms with E-state index in [9.17, 15) is 9.18 Å². The molecule has 0 aliphatic heterocycles. The molecule has 1 aliphatic rings. The van der Waals surface area contributed by atoms with Gasteiger partial charge < -0.3 is 4.43 Å². The second-order valence-electron chi connectivity index (χ2n) is 9.96. The van der Waals surface area contributed by atoms with Gasteiger partial charge >= 0.3 is 0 Å². The van der Waals surface area contributed by atoms with Crippen LogP contribution in [0, 0.1) is 11.7 Å². The average Bonchev–Trinajstić information content (AvgIpc) is 3.05. The molecule has 3 aromatic rings. The van der Waals surface area contributed by atoms with Crippen LogP contribution in [0.15, 0.2) is 90.5 Å². The first kappa shape index (κ1) is 23.3. The molecule has 4 rings (SSSR count). The van der Waals surface area contributed by atoms with Crippen LogP contribution in [0.5, 0.6) is 0 Å². The summed E-state index contributed by atoms with van der Waals surface area (Å²) in [5, 5.41) is 2.20. The van der Waals surface area contributed by atoms with Crippen LogP contribution in [0.1, 0.15) is 39.7 Å². The van der Waals surface area contributed by atoms with Crippen molar-refractivity contribution in [1.29, 1.82) is 0 Å². The molecule has 0 heterocycles. The molecule has 3 aromatic carbocycles. The fourth-order valence-corrected chi connectivity index (χ4v) is 9.70.